The molecule has 0 aromatic heterocycles. The van der Waals surface area contributed by atoms with Gasteiger partial charge in [-0.2, -0.15) is 0 Å². The van der Waals surface area contributed by atoms with E-state index < -0.39 is 0 Å². The van der Waals surface area contributed by atoms with E-state index in [-0.39, 0.29) is 27.7 Å². The molecule has 0 aliphatic heterocycles. The normalized spacial score (nSPS) is 12.8. The van der Waals surface area contributed by atoms with Crippen molar-refractivity contribution in [2.45, 2.75) is 78.6 Å². The third kappa shape index (κ3) is 5.22. The van der Waals surface area contributed by atoms with Crippen LogP contribution in [0.5, 0.6) is 23.0 Å². The predicted molar refractivity (Wildman–Crippen MR) is 195 cm³/mol. The number of phenolic OH excluding ortho intramolecular Hbond substituents is 1. The van der Waals surface area contributed by atoms with Crippen LogP contribution in [0.1, 0.15) is 83.3 Å². The molecule has 0 bridgehead atoms. The minimum absolute atomic E-state index is 0.0773. The average molecular weight is 639 g/mol. The Hall–Kier alpha value is -4.46. The van der Waals surface area contributed by atoms with Crippen LogP contribution >= 0.6 is 0 Å². The Kier molecular flexibility index (Phi) is 9.22. The van der Waals surface area contributed by atoms with Gasteiger partial charge in [0.25, 0.3) is 0 Å². The lowest BCUT2D eigenvalue weighted by molar-refractivity contribution is 0.406. The van der Waals surface area contributed by atoms with Crippen LogP contribution in [-0.4, -0.2) is 39.5 Å². The van der Waals surface area contributed by atoms with E-state index in [2.05, 4.69) is 30.6 Å². The maximum Gasteiger partial charge on any atom is 0.232 e. The van der Waals surface area contributed by atoms with Crippen molar-refractivity contribution >= 4 is 60.5 Å². The molecular formula is C39H46N2O6. The van der Waals surface area contributed by atoms with Crippen molar-refractivity contribution in [1.29, 1.82) is 0 Å². The van der Waals surface area contributed by atoms with E-state index in [9.17, 15) is 14.7 Å². The highest BCUT2D eigenvalue weighted by Crippen LogP contribution is 2.54. The summed E-state index contributed by atoms with van der Waals surface area (Å²) in [4.78, 5) is 29.0. The van der Waals surface area contributed by atoms with Crippen LogP contribution in [0.4, 0.5) is 11.4 Å². The molecule has 8 nitrogen and oxygen atoms in total. The highest BCUT2D eigenvalue weighted by molar-refractivity contribution is 6.39. The summed E-state index contributed by atoms with van der Waals surface area (Å²) in [6.45, 7) is 7.78. The number of fused-ring (bicyclic) bond motifs is 1. The first-order chi connectivity index (χ1) is 22.8. The number of hydrogen-bond donors (Lipinski definition) is 3. The van der Waals surface area contributed by atoms with E-state index in [0.29, 0.717) is 51.7 Å². The second-order valence-electron chi connectivity index (χ2n) is 12.8. The first-order valence-electron chi connectivity index (χ1n) is 17.0. The van der Waals surface area contributed by atoms with Gasteiger partial charge in [0.15, 0.2) is 5.75 Å². The molecule has 1 aliphatic rings. The lowest BCUT2D eigenvalue weighted by Gasteiger charge is -2.24. The number of anilines is 2. The van der Waals surface area contributed by atoms with Gasteiger partial charge in [-0.25, -0.2) is 0 Å². The third-order valence-electron chi connectivity index (χ3n) is 9.73. The smallest absolute Gasteiger partial charge is 0.232 e. The van der Waals surface area contributed by atoms with Gasteiger partial charge in [0, 0.05) is 69.0 Å². The van der Waals surface area contributed by atoms with E-state index in [0.717, 1.165) is 96.5 Å². The van der Waals surface area contributed by atoms with Crippen LogP contribution in [0.3, 0.4) is 0 Å². The summed E-state index contributed by atoms with van der Waals surface area (Å²) in [6.07, 6.45) is 11.2. The quantitative estimate of drug-likeness (QED) is 0.0595. The molecule has 0 atom stereocenters. The monoisotopic (exact) mass is 638 g/mol. The predicted octanol–water partition coefficient (Wildman–Crippen LogP) is 8.57. The van der Waals surface area contributed by atoms with Gasteiger partial charge in [0.1, 0.15) is 17.2 Å². The second-order valence-corrected chi connectivity index (χ2v) is 12.8. The second kappa shape index (κ2) is 13.3. The molecule has 8 heteroatoms. The highest BCUT2D eigenvalue weighted by Gasteiger charge is 2.32. The fourth-order valence-electron chi connectivity index (χ4n) is 7.60. The minimum Gasteiger partial charge on any atom is -0.507 e. The van der Waals surface area contributed by atoms with E-state index in [4.69, 9.17) is 14.2 Å². The van der Waals surface area contributed by atoms with Crippen LogP contribution in [-0.2, 0) is 6.42 Å². The van der Waals surface area contributed by atoms with Crippen molar-refractivity contribution < 1.29 is 19.3 Å². The number of phenols is 1. The molecule has 6 rings (SSSR count). The van der Waals surface area contributed by atoms with Gasteiger partial charge in [0.05, 0.1) is 37.8 Å². The summed E-state index contributed by atoms with van der Waals surface area (Å²) in [6, 6.07) is 3.38. The summed E-state index contributed by atoms with van der Waals surface area (Å²) in [5.74, 6) is 0.976. The van der Waals surface area contributed by atoms with Crippen LogP contribution in [0.25, 0.3) is 49.2 Å². The highest BCUT2D eigenvalue weighted by atomic mass is 16.5. The van der Waals surface area contributed by atoms with Crippen LogP contribution in [0.2, 0.25) is 0 Å². The number of benzene rings is 5. The zero-order valence-electron chi connectivity index (χ0n) is 28.5. The van der Waals surface area contributed by atoms with Gasteiger partial charge in [-0.1, -0.05) is 64.0 Å². The van der Waals surface area contributed by atoms with Crippen molar-refractivity contribution in [3.63, 3.8) is 0 Å². The molecule has 0 radical (unpaired) electrons. The average Bonchev–Trinajstić information content (AvgIpc) is 3.21. The van der Waals surface area contributed by atoms with Gasteiger partial charge in [0.2, 0.25) is 10.9 Å². The molecule has 0 fully saturated rings. The Morgan fingerprint density at radius 2 is 1.30 bits per heavy atom. The lowest BCUT2D eigenvalue weighted by atomic mass is 9.83. The maximum atomic E-state index is 14.9. The third-order valence-corrected chi connectivity index (χ3v) is 9.73. The molecule has 0 heterocycles. The van der Waals surface area contributed by atoms with E-state index in [1.807, 2.05) is 13.0 Å². The lowest BCUT2D eigenvalue weighted by Crippen LogP contribution is -2.18. The molecule has 47 heavy (non-hydrogen) atoms. The zero-order chi connectivity index (χ0) is 33.4. The summed E-state index contributed by atoms with van der Waals surface area (Å²) in [5, 5.41) is 23.5. The van der Waals surface area contributed by atoms with Gasteiger partial charge >= 0.3 is 0 Å². The molecule has 0 saturated heterocycles. The molecule has 3 N–H and O–H groups in total. The van der Waals surface area contributed by atoms with Crippen molar-refractivity contribution in [3.05, 3.63) is 49.3 Å². The molecule has 5 aromatic carbocycles. The molecule has 0 saturated carbocycles. The van der Waals surface area contributed by atoms with Gasteiger partial charge in [-0.05, 0) is 31.6 Å². The van der Waals surface area contributed by atoms with Gasteiger partial charge in [-0.3, -0.25) is 9.59 Å². The number of methoxy groups -OCH3 is 3. The van der Waals surface area contributed by atoms with Crippen LogP contribution in [0.15, 0.2) is 27.3 Å². The molecule has 248 valence electrons. The Morgan fingerprint density at radius 1 is 0.681 bits per heavy atom. The standard InChI is InChI=1S/C39H46N2O6/c1-7-9-11-13-15-40-24-19-26(45-4)32-33-27(46-5)20-25(42)31-35(33)29-23(39(47-6)38(31)44)18-21(3)17-22-28(29)34(32)30(24)37(43)36(22)41-16-14-12-10-8-2/h17,19-20,40-42H,7-16,18H2,1-6H3. The van der Waals surface area contributed by atoms with Crippen molar-refractivity contribution in [2.24, 2.45) is 0 Å². The minimum atomic E-state index is -0.377. The summed E-state index contributed by atoms with van der Waals surface area (Å²) in [7, 11) is 4.66. The van der Waals surface area contributed by atoms with E-state index in [1.54, 1.807) is 14.2 Å². The van der Waals surface area contributed by atoms with Crippen molar-refractivity contribution in [1.82, 2.24) is 0 Å². The molecule has 0 amide bonds. The molecule has 5 aromatic rings. The fraction of sp³-hybridized carbons (Fsp3) is 0.436. The number of ether oxygens (including phenoxy) is 3. The van der Waals surface area contributed by atoms with Gasteiger partial charge < -0.3 is 30.0 Å². The SMILES string of the molecule is CCCCCCNc1c2c3c4c(c(OC)c(=O)c5c(O)cc(OC)c(c6c(OC)cc(NCCCCCC)c(c1=O)c63)c54)CC(C)=C2. The Labute approximate surface area is 275 Å². The molecule has 0 spiro atoms. The topological polar surface area (TPSA) is 106 Å². The van der Waals surface area contributed by atoms with Crippen molar-refractivity contribution in [2.75, 3.05) is 45.1 Å². The van der Waals surface area contributed by atoms with E-state index >= 15 is 0 Å². The van der Waals surface area contributed by atoms with Crippen LogP contribution in [0, 0.1) is 0 Å². The summed E-state index contributed by atoms with van der Waals surface area (Å²) in [5.41, 5.74) is 3.33. The first kappa shape index (κ1) is 32.5. The Bertz CT molecular complexity index is 2120. The zero-order valence-corrected chi connectivity index (χ0v) is 28.5. The van der Waals surface area contributed by atoms with Crippen molar-refractivity contribution in [3.8, 4) is 23.0 Å². The van der Waals surface area contributed by atoms with Gasteiger partial charge in [-0.15, -0.1) is 0 Å². The van der Waals surface area contributed by atoms with E-state index in [1.165, 1.54) is 13.2 Å². The number of unbranched alkanes of at least 4 members (excludes halogenated alkanes) is 6. The molecular weight excluding hydrogens is 592 g/mol. The molecule has 1 aliphatic carbocycles. The first-order valence-corrected chi connectivity index (χ1v) is 17.0. The summed E-state index contributed by atoms with van der Waals surface area (Å²) < 4.78 is 17.8. The largest absolute Gasteiger partial charge is 0.507 e. The number of rotatable bonds is 15. The maximum absolute atomic E-state index is 14.9. The number of aromatic hydroxyl groups is 1. The number of allylic oxidation sites excluding steroid dienone is 1. The van der Waals surface area contributed by atoms with Crippen LogP contribution < -0.4 is 35.7 Å². The number of nitrogens with one attached hydrogen (secondary N) is 2. The fourth-order valence-corrected chi connectivity index (χ4v) is 7.60. The Morgan fingerprint density at radius 3 is 1.91 bits per heavy atom. The molecule has 0 unspecified atom stereocenters. The summed E-state index contributed by atoms with van der Waals surface area (Å²) >= 11 is 0. The number of hydrogen-bond acceptors (Lipinski definition) is 8. The Balaban J connectivity index is 1.85.